The number of hydrogen-bond acceptors (Lipinski definition) is 4. The summed E-state index contributed by atoms with van der Waals surface area (Å²) in [6.07, 6.45) is 4.86. The molecular weight excluding hydrogens is 328 g/mol. The Bertz CT molecular complexity index is 851. The minimum Gasteiger partial charge on any atom is -0.506 e. The van der Waals surface area contributed by atoms with Crippen molar-refractivity contribution in [3.63, 3.8) is 0 Å². The van der Waals surface area contributed by atoms with Gasteiger partial charge in [0.2, 0.25) is 0 Å². The summed E-state index contributed by atoms with van der Waals surface area (Å²) in [5.41, 5.74) is 1.87. The number of benzene rings is 2. The van der Waals surface area contributed by atoms with Gasteiger partial charge < -0.3 is 10.4 Å². The molecule has 0 unspecified atom stereocenters. The molecule has 0 radical (unpaired) electrons. The van der Waals surface area contributed by atoms with Crippen LogP contribution < -0.4 is 5.32 Å². The third-order valence-corrected chi connectivity index (χ3v) is 5.17. The van der Waals surface area contributed by atoms with E-state index in [-0.39, 0.29) is 34.3 Å². The van der Waals surface area contributed by atoms with Crippen LogP contribution >= 0.6 is 11.6 Å². The molecule has 24 heavy (non-hydrogen) atoms. The first-order valence-corrected chi connectivity index (χ1v) is 8.13. The van der Waals surface area contributed by atoms with Crippen LogP contribution in [-0.2, 0) is 0 Å². The second-order valence-corrected chi connectivity index (χ2v) is 6.57. The number of fused-ring (bicyclic) bond motifs is 3. The lowest BCUT2D eigenvalue weighted by Crippen LogP contribution is -2.29. The number of nitro groups is 1. The van der Waals surface area contributed by atoms with Crippen LogP contribution in [0.2, 0.25) is 5.02 Å². The van der Waals surface area contributed by atoms with E-state index in [0.29, 0.717) is 11.3 Å². The van der Waals surface area contributed by atoms with Crippen molar-refractivity contribution in [1.29, 1.82) is 0 Å². The van der Waals surface area contributed by atoms with E-state index >= 15 is 0 Å². The summed E-state index contributed by atoms with van der Waals surface area (Å²) in [6, 6.07) is 11.2. The normalized spacial score (nSPS) is 24.1. The van der Waals surface area contributed by atoms with Gasteiger partial charge in [-0.2, -0.15) is 0 Å². The van der Waals surface area contributed by atoms with Crippen molar-refractivity contribution in [2.75, 3.05) is 5.32 Å². The third-order valence-electron chi connectivity index (χ3n) is 4.89. The van der Waals surface area contributed by atoms with E-state index in [1.807, 2.05) is 42.5 Å². The molecule has 0 fully saturated rings. The van der Waals surface area contributed by atoms with E-state index in [9.17, 15) is 15.2 Å². The molecule has 0 aromatic heterocycles. The van der Waals surface area contributed by atoms with Gasteiger partial charge in [-0.25, -0.2) is 0 Å². The average Bonchev–Trinajstić information content (AvgIpc) is 3.04. The van der Waals surface area contributed by atoms with E-state index in [0.717, 1.165) is 12.0 Å². The van der Waals surface area contributed by atoms with Gasteiger partial charge in [0.1, 0.15) is 10.8 Å². The van der Waals surface area contributed by atoms with Crippen LogP contribution in [0.3, 0.4) is 0 Å². The van der Waals surface area contributed by atoms with Crippen molar-refractivity contribution in [3.05, 3.63) is 74.8 Å². The van der Waals surface area contributed by atoms with Gasteiger partial charge in [-0.1, -0.05) is 54.1 Å². The monoisotopic (exact) mass is 342 g/mol. The standard InChI is InChI=1S/C18H15ClN2O3/c19-13-9-14(22)17-15(18(13)21(23)24)11-7-4-8-12(11)16(20-17)10-5-2-1-3-6-10/h1-7,9,11-12,16,20,22H,8H2/t11-,12+,16-/m0/s1. The lowest BCUT2D eigenvalue weighted by molar-refractivity contribution is -0.385. The molecule has 0 bridgehead atoms. The number of halogens is 1. The summed E-state index contributed by atoms with van der Waals surface area (Å²) < 4.78 is 0. The highest BCUT2D eigenvalue weighted by Gasteiger charge is 2.43. The number of nitrogens with zero attached hydrogens (tertiary/aromatic N) is 1. The van der Waals surface area contributed by atoms with Gasteiger partial charge in [0.25, 0.3) is 5.69 Å². The van der Waals surface area contributed by atoms with E-state index in [1.165, 1.54) is 6.07 Å². The molecule has 3 atom stereocenters. The number of anilines is 1. The smallest absolute Gasteiger partial charge is 0.293 e. The molecule has 2 aromatic carbocycles. The fraction of sp³-hybridized carbons (Fsp3) is 0.222. The number of phenols is 1. The maximum Gasteiger partial charge on any atom is 0.293 e. The van der Waals surface area contributed by atoms with Crippen molar-refractivity contribution < 1.29 is 10.0 Å². The van der Waals surface area contributed by atoms with Gasteiger partial charge in [0.15, 0.2) is 0 Å². The van der Waals surface area contributed by atoms with Crippen LogP contribution in [0.4, 0.5) is 11.4 Å². The number of nitrogens with one attached hydrogen (secondary N) is 1. The lowest BCUT2D eigenvalue weighted by Gasteiger charge is -2.37. The predicted molar refractivity (Wildman–Crippen MR) is 92.6 cm³/mol. The molecule has 0 amide bonds. The Kier molecular flexibility index (Phi) is 3.46. The van der Waals surface area contributed by atoms with Gasteiger partial charge in [-0.15, -0.1) is 0 Å². The second-order valence-electron chi connectivity index (χ2n) is 6.16. The highest BCUT2D eigenvalue weighted by atomic mass is 35.5. The van der Waals surface area contributed by atoms with Gasteiger partial charge in [-0.05, 0) is 17.9 Å². The fourth-order valence-corrected chi connectivity index (χ4v) is 4.16. The Morgan fingerprint density at radius 2 is 2.04 bits per heavy atom. The van der Waals surface area contributed by atoms with Crippen LogP contribution in [0.1, 0.15) is 29.5 Å². The lowest BCUT2D eigenvalue weighted by atomic mass is 9.76. The zero-order valence-electron chi connectivity index (χ0n) is 12.6. The summed E-state index contributed by atoms with van der Waals surface area (Å²) in [5.74, 6) is -0.0480. The first-order chi connectivity index (χ1) is 11.6. The Hall–Kier alpha value is -2.53. The largest absolute Gasteiger partial charge is 0.506 e. The molecule has 0 saturated heterocycles. The molecule has 1 heterocycles. The Balaban J connectivity index is 1.92. The summed E-state index contributed by atoms with van der Waals surface area (Å²) in [6.45, 7) is 0. The van der Waals surface area contributed by atoms with Gasteiger partial charge >= 0.3 is 0 Å². The first kappa shape index (κ1) is 15.0. The number of allylic oxidation sites excluding steroid dienone is 2. The topological polar surface area (TPSA) is 75.4 Å². The van der Waals surface area contributed by atoms with Crippen molar-refractivity contribution >= 4 is 23.0 Å². The molecule has 6 heteroatoms. The number of nitro benzene ring substituents is 1. The molecule has 2 N–H and O–H groups in total. The molecule has 2 aliphatic rings. The van der Waals surface area contributed by atoms with E-state index in [1.54, 1.807) is 0 Å². The summed E-state index contributed by atoms with van der Waals surface area (Å²) >= 11 is 6.05. The zero-order chi connectivity index (χ0) is 16.8. The predicted octanol–water partition coefficient (Wildman–Crippen LogP) is 4.78. The Morgan fingerprint density at radius 3 is 2.75 bits per heavy atom. The van der Waals surface area contributed by atoms with Crippen molar-refractivity contribution in [1.82, 2.24) is 0 Å². The van der Waals surface area contributed by atoms with E-state index in [2.05, 4.69) is 5.32 Å². The SMILES string of the molecule is O=[N+]([O-])c1c(Cl)cc(O)c2c1[C@H]1C=CC[C@H]1[C@H](c1ccccc1)N2. The Labute approximate surface area is 143 Å². The van der Waals surface area contributed by atoms with Crippen LogP contribution in [0, 0.1) is 16.0 Å². The van der Waals surface area contributed by atoms with E-state index in [4.69, 9.17) is 11.6 Å². The maximum atomic E-state index is 11.5. The molecule has 1 aliphatic heterocycles. The fourth-order valence-electron chi connectivity index (χ4n) is 3.89. The molecule has 1 aliphatic carbocycles. The van der Waals surface area contributed by atoms with Crippen molar-refractivity contribution in [2.45, 2.75) is 18.4 Å². The number of aromatic hydroxyl groups is 1. The summed E-state index contributed by atoms with van der Waals surface area (Å²) in [7, 11) is 0. The second kappa shape index (κ2) is 5.53. The van der Waals surface area contributed by atoms with Crippen molar-refractivity contribution in [3.8, 4) is 5.75 Å². The number of rotatable bonds is 2. The highest BCUT2D eigenvalue weighted by molar-refractivity contribution is 6.33. The number of hydrogen-bond donors (Lipinski definition) is 2. The zero-order valence-corrected chi connectivity index (χ0v) is 13.4. The molecular formula is C18H15ClN2O3. The average molecular weight is 343 g/mol. The highest BCUT2D eigenvalue weighted by Crippen LogP contribution is 2.56. The van der Waals surface area contributed by atoms with Crippen LogP contribution in [0.15, 0.2) is 48.6 Å². The first-order valence-electron chi connectivity index (χ1n) is 7.76. The van der Waals surface area contributed by atoms with Gasteiger partial charge in [0.05, 0.1) is 22.2 Å². The molecule has 2 aromatic rings. The summed E-state index contributed by atoms with van der Waals surface area (Å²) in [4.78, 5) is 11.1. The molecule has 0 saturated carbocycles. The van der Waals surface area contributed by atoms with Crippen LogP contribution in [-0.4, -0.2) is 10.0 Å². The minimum absolute atomic E-state index is 0.0228. The molecule has 5 nitrogen and oxygen atoms in total. The Morgan fingerprint density at radius 1 is 1.29 bits per heavy atom. The molecule has 4 rings (SSSR count). The quantitative estimate of drug-likeness (QED) is 0.356. The van der Waals surface area contributed by atoms with E-state index < -0.39 is 4.92 Å². The third kappa shape index (κ3) is 2.16. The minimum atomic E-state index is -0.464. The van der Waals surface area contributed by atoms with Crippen LogP contribution in [0.25, 0.3) is 0 Å². The summed E-state index contributed by atoms with van der Waals surface area (Å²) in [5, 5.41) is 25.2. The van der Waals surface area contributed by atoms with Crippen molar-refractivity contribution in [2.24, 2.45) is 5.92 Å². The van der Waals surface area contributed by atoms with Crippen LogP contribution in [0.5, 0.6) is 5.75 Å². The maximum absolute atomic E-state index is 11.5. The number of phenolic OH excluding ortho intramolecular Hbond substituents is 1. The van der Waals surface area contributed by atoms with Gasteiger partial charge in [0, 0.05) is 12.0 Å². The molecule has 0 spiro atoms. The molecule has 122 valence electrons. The van der Waals surface area contributed by atoms with Gasteiger partial charge in [-0.3, -0.25) is 10.1 Å².